The summed E-state index contributed by atoms with van der Waals surface area (Å²) in [5.41, 5.74) is 0. The molecule has 1 saturated heterocycles. The molecule has 1 aliphatic rings. The molecule has 0 aromatic rings. The molecular weight excluding hydrogens is 289 g/mol. The third-order valence-corrected chi connectivity index (χ3v) is 2.87. The fourth-order valence-electron chi connectivity index (χ4n) is 1.99. The van der Waals surface area contributed by atoms with Crippen LogP contribution in [0.5, 0.6) is 0 Å². The quantitative estimate of drug-likeness (QED) is 0.678. The van der Waals surface area contributed by atoms with Crippen molar-refractivity contribution in [2.24, 2.45) is 0 Å². The van der Waals surface area contributed by atoms with E-state index < -0.39 is 0 Å². The molecule has 1 amide bonds. The molecule has 116 valence electrons. The largest absolute Gasteiger partial charge is 0.379 e. The number of carbonyl (C=O) groups is 1. The molecule has 1 rings (SSSR count). The van der Waals surface area contributed by atoms with Crippen LogP contribution in [0.4, 0.5) is 0 Å². The Balaban J connectivity index is 0. The van der Waals surface area contributed by atoms with Crippen LogP contribution in [-0.4, -0.2) is 63.3 Å². The number of carbonyl (C=O) groups excluding carboxylic acids is 1. The summed E-state index contributed by atoms with van der Waals surface area (Å²) in [5.74, 6) is 0.154. The standard InChI is InChI=1S/C12H25N3O2.2ClH/c1-11(10-15-6-8-17-9-7-15)14-12(16)4-3-5-13-2;;/h11,13H,3-10H2,1-2H3,(H,14,16);2*1H. The van der Waals surface area contributed by atoms with E-state index in [2.05, 4.69) is 22.5 Å². The van der Waals surface area contributed by atoms with E-state index in [4.69, 9.17) is 4.74 Å². The number of rotatable bonds is 7. The van der Waals surface area contributed by atoms with Gasteiger partial charge in [-0.1, -0.05) is 0 Å². The average molecular weight is 316 g/mol. The summed E-state index contributed by atoms with van der Waals surface area (Å²) < 4.78 is 5.29. The van der Waals surface area contributed by atoms with E-state index >= 15 is 0 Å². The Morgan fingerprint density at radius 1 is 1.32 bits per heavy atom. The Kier molecular flexibility index (Phi) is 14.5. The minimum absolute atomic E-state index is 0. The van der Waals surface area contributed by atoms with E-state index in [1.807, 2.05) is 7.05 Å². The monoisotopic (exact) mass is 315 g/mol. The smallest absolute Gasteiger partial charge is 0.220 e. The molecule has 0 saturated carbocycles. The van der Waals surface area contributed by atoms with Crippen molar-refractivity contribution in [1.29, 1.82) is 0 Å². The van der Waals surface area contributed by atoms with E-state index in [9.17, 15) is 4.79 Å². The first-order valence-corrected chi connectivity index (χ1v) is 6.46. The van der Waals surface area contributed by atoms with Crippen molar-refractivity contribution in [1.82, 2.24) is 15.5 Å². The summed E-state index contributed by atoms with van der Waals surface area (Å²) in [7, 11) is 1.90. The fourth-order valence-corrected chi connectivity index (χ4v) is 1.99. The third kappa shape index (κ3) is 10.4. The molecule has 19 heavy (non-hydrogen) atoms. The molecule has 0 radical (unpaired) electrons. The number of nitrogens with one attached hydrogen (secondary N) is 2. The van der Waals surface area contributed by atoms with Gasteiger partial charge in [-0.2, -0.15) is 0 Å². The number of nitrogens with zero attached hydrogens (tertiary/aromatic N) is 1. The first-order valence-electron chi connectivity index (χ1n) is 6.46. The summed E-state index contributed by atoms with van der Waals surface area (Å²) in [5, 5.41) is 6.08. The molecule has 5 nitrogen and oxygen atoms in total. The van der Waals surface area contributed by atoms with Crippen molar-refractivity contribution in [3.05, 3.63) is 0 Å². The lowest BCUT2D eigenvalue weighted by atomic mass is 10.2. The van der Waals surface area contributed by atoms with Crippen LogP contribution >= 0.6 is 24.8 Å². The molecule has 0 aromatic heterocycles. The number of hydrogen-bond acceptors (Lipinski definition) is 4. The van der Waals surface area contributed by atoms with Gasteiger partial charge in [0, 0.05) is 32.1 Å². The van der Waals surface area contributed by atoms with Crippen LogP contribution in [0.15, 0.2) is 0 Å². The topological polar surface area (TPSA) is 53.6 Å². The highest BCUT2D eigenvalue weighted by Crippen LogP contribution is 1.99. The van der Waals surface area contributed by atoms with Gasteiger partial charge in [0.15, 0.2) is 0 Å². The minimum atomic E-state index is 0. The van der Waals surface area contributed by atoms with Crippen LogP contribution < -0.4 is 10.6 Å². The Morgan fingerprint density at radius 2 is 1.95 bits per heavy atom. The van der Waals surface area contributed by atoms with E-state index in [0.29, 0.717) is 6.42 Å². The van der Waals surface area contributed by atoms with Gasteiger partial charge in [-0.3, -0.25) is 9.69 Å². The molecule has 2 N–H and O–H groups in total. The Hall–Kier alpha value is -0.0700. The van der Waals surface area contributed by atoms with Crippen LogP contribution in [0.3, 0.4) is 0 Å². The van der Waals surface area contributed by atoms with Gasteiger partial charge in [0.1, 0.15) is 0 Å². The van der Waals surface area contributed by atoms with Crippen molar-refractivity contribution < 1.29 is 9.53 Å². The van der Waals surface area contributed by atoms with Gasteiger partial charge in [-0.15, -0.1) is 24.8 Å². The van der Waals surface area contributed by atoms with Crippen LogP contribution in [0.25, 0.3) is 0 Å². The van der Waals surface area contributed by atoms with Crippen molar-refractivity contribution in [3.8, 4) is 0 Å². The maximum atomic E-state index is 11.6. The summed E-state index contributed by atoms with van der Waals surface area (Å²) in [6.45, 7) is 7.43. The van der Waals surface area contributed by atoms with Gasteiger partial charge >= 0.3 is 0 Å². The Bertz CT molecular complexity index is 227. The SMILES string of the molecule is CNCCCC(=O)NC(C)CN1CCOCC1.Cl.Cl. The van der Waals surface area contributed by atoms with Crippen LogP contribution in [0.1, 0.15) is 19.8 Å². The molecule has 0 bridgehead atoms. The molecule has 0 aliphatic carbocycles. The summed E-state index contributed by atoms with van der Waals surface area (Å²) in [4.78, 5) is 13.9. The predicted octanol–water partition coefficient (Wildman–Crippen LogP) is 0.666. The van der Waals surface area contributed by atoms with Crippen LogP contribution in [0.2, 0.25) is 0 Å². The highest BCUT2D eigenvalue weighted by Gasteiger charge is 2.14. The van der Waals surface area contributed by atoms with Gasteiger partial charge in [0.2, 0.25) is 5.91 Å². The van der Waals surface area contributed by atoms with Gasteiger partial charge in [0.05, 0.1) is 13.2 Å². The fraction of sp³-hybridized carbons (Fsp3) is 0.917. The molecule has 0 spiro atoms. The number of amides is 1. The normalized spacial score (nSPS) is 16.9. The van der Waals surface area contributed by atoms with Crippen LogP contribution in [0, 0.1) is 0 Å². The maximum Gasteiger partial charge on any atom is 0.220 e. The summed E-state index contributed by atoms with van der Waals surface area (Å²) >= 11 is 0. The lowest BCUT2D eigenvalue weighted by molar-refractivity contribution is -0.121. The summed E-state index contributed by atoms with van der Waals surface area (Å²) in [6.07, 6.45) is 1.50. The van der Waals surface area contributed by atoms with Crippen molar-refractivity contribution in [2.75, 3.05) is 46.4 Å². The van der Waals surface area contributed by atoms with Crippen molar-refractivity contribution in [3.63, 3.8) is 0 Å². The zero-order chi connectivity index (χ0) is 12.5. The number of ether oxygens (including phenoxy) is 1. The second-order valence-electron chi connectivity index (χ2n) is 4.59. The van der Waals surface area contributed by atoms with E-state index in [0.717, 1.165) is 45.8 Å². The molecule has 7 heteroatoms. The highest BCUT2D eigenvalue weighted by molar-refractivity contribution is 5.85. The molecule has 1 aliphatic heterocycles. The predicted molar refractivity (Wildman–Crippen MR) is 82.5 cm³/mol. The van der Waals surface area contributed by atoms with Crippen molar-refractivity contribution >= 4 is 30.7 Å². The second-order valence-corrected chi connectivity index (χ2v) is 4.59. The lowest BCUT2D eigenvalue weighted by Gasteiger charge is -2.29. The number of halogens is 2. The second kappa shape index (κ2) is 12.9. The van der Waals surface area contributed by atoms with E-state index in [-0.39, 0.29) is 36.8 Å². The molecule has 1 heterocycles. The molecular formula is C12H27Cl2N3O2. The first-order chi connectivity index (χ1) is 8.22. The van der Waals surface area contributed by atoms with Gasteiger partial charge in [-0.05, 0) is 26.9 Å². The minimum Gasteiger partial charge on any atom is -0.379 e. The van der Waals surface area contributed by atoms with Crippen LogP contribution in [-0.2, 0) is 9.53 Å². The van der Waals surface area contributed by atoms with Gasteiger partial charge < -0.3 is 15.4 Å². The van der Waals surface area contributed by atoms with E-state index in [1.54, 1.807) is 0 Å². The van der Waals surface area contributed by atoms with E-state index in [1.165, 1.54) is 0 Å². The molecule has 0 aromatic carbocycles. The first kappa shape index (κ1) is 21.2. The van der Waals surface area contributed by atoms with Gasteiger partial charge in [-0.25, -0.2) is 0 Å². The highest BCUT2D eigenvalue weighted by atomic mass is 35.5. The Morgan fingerprint density at radius 3 is 2.53 bits per heavy atom. The Labute approximate surface area is 128 Å². The summed E-state index contributed by atoms with van der Waals surface area (Å²) in [6, 6.07) is 0.218. The van der Waals surface area contributed by atoms with Gasteiger partial charge in [0.25, 0.3) is 0 Å². The molecule has 1 fully saturated rings. The average Bonchev–Trinajstić information content (AvgIpc) is 2.30. The zero-order valence-corrected chi connectivity index (χ0v) is 13.4. The molecule has 1 unspecified atom stereocenters. The zero-order valence-electron chi connectivity index (χ0n) is 11.8. The number of morpholine rings is 1. The lowest BCUT2D eigenvalue weighted by Crippen LogP contribution is -2.46. The maximum absolute atomic E-state index is 11.6. The number of hydrogen-bond donors (Lipinski definition) is 2. The third-order valence-electron chi connectivity index (χ3n) is 2.87. The van der Waals surface area contributed by atoms with Crippen molar-refractivity contribution in [2.45, 2.75) is 25.8 Å². The molecule has 1 atom stereocenters.